The lowest BCUT2D eigenvalue weighted by Crippen LogP contribution is -2.18. The van der Waals surface area contributed by atoms with Gasteiger partial charge in [-0.1, -0.05) is 65.3 Å². The molecule has 4 heteroatoms. The van der Waals surface area contributed by atoms with Gasteiger partial charge < -0.3 is 10.2 Å². The molecule has 1 aliphatic carbocycles. The van der Waals surface area contributed by atoms with Gasteiger partial charge in [-0.2, -0.15) is 0 Å². The maximum Gasteiger partial charge on any atom is 0.211 e. The Morgan fingerprint density at radius 2 is 1.93 bits per heavy atom. The molecule has 1 aliphatic rings. The van der Waals surface area contributed by atoms with Gasteiger partial charge in [-0.3, -0.25) is 4.79 Å². The van der Waals surface area contributed by atoms with E-state index in [4.69, 9.17) is 0 Å². The third-order valence-electron chi connectivity index (χ3n) is 4.27. The third kappa shape index (κ3) is 9.03. The highest BCUT2D eigenvalue weighted by molar-refractivity contribution is 5.71. The average molecular weight is 389 g/mol. The molecule has 0 spiro atoms. The van der Waals surface area contributed by atoms with Gasteiger partial charge in [-0.25, -0.2) is 4.39 Å². The van der Waals surface area contributed by atoms with Crippen molar-refractivity contribution in [2.24, 2.45) is 5.92 Å². The molecule has 1 aromatic carbocycles. The summed E-state index contributed by atoms with van der Waals surface area (Å²) < 4.78 is 13.8. The lowest BCUT2D eigenvalue weighted by Gasteiger charge is -2.28. The molecule has 1 atom stereocenters. The number of carbonyl (C=O) groups excluding carboxylic acids is 1. The topological polar surface area (TPSA) is 32.3 Å². The highest BCUT2D eigenvalue weighted by Gasteiger charge is 2.25. The van der Waals surface area contributed by atoms with Crippen molar-refractivity contribution < 1.29 is 9.18 Å². The van der Waals surface area contributed by atoms with Crippen LogP contribution in [0.15, 0.2) is 55.4 Å². The van der Waals surface area contributed by atoms with Crippen molar-refractivity contribution in [2.45, 2.75) is 66.3 Å². The summed E-state index contributed by atoms with van der Waals surface area (Å²) in [5.41, 5.74) is 1.17. The molecular formula is C24H37FN2O. The Labute approximate surface area is 171 Å². The maximum absolute atomic E-state index is 13.8. The average Bonchev–Trinajstić information content (AvgIpc) is 3.56. The largest absolute Gasteiger partial charge is 0.347 e. The van der Waals surface area contributed by atoms with Crippen LogP contribution in [0.25, 0.3) is 0 Å². The van der Waals surface area contributed by atoms with Crippen molar-refractivity contribution in [1.82, 2.24) is 4.90 Å². The predicted molar refractivity (Wildman–Crippen MR) is 119 cm³/mol. The van der Waals surface area contributed by atoms with Crippen molar-refractivity contribution in [3.8, 4) is 0 Å². The third-order valence-corrected chi connectivity index (χ3v) is 4.27. The number of nitrogens with zero attached hydrogens (tertiary/aromatic N) is 1. The zero-order valence-corrected chi connectivity index (χ0v) is 18.1. The first-order chi connectivity index (χ1) is 13.7. The van der Waals surface area contributed by atoms with Gasteiger partial charge in [-0.05, 0) is 55.7 Å². The standard InChI is InChI=1S/C20H25FN2O.2C2H6/c1-3-5-6-13-23(4-2)20(12-9-16-7-8-16)17-10-11-18(21)19(14-17)22-15-24;2*1-2/h3-6,10-11,13-16,20H,2,7-9,12H2,1H3,(H,22,24);2*1-2H3/b5-3-,13-6-;;. The lowest BCUT2D eigenvalue weighted by molar-refractivity contribution is -0.105. The number of halogens is 1. The van der Waals surface area contributed by atoms with Gasteiger partial charge in [0.2, 0.25) is 6.41 Å². The summed E-state index contributed by atoms with van der Waals surface area (Å²) in [6.07, 6.45) is 14.8. The molecular weight excluding hydrogens is 351 g/mol. The quantitative estimate of drug-likeness (QED) is 0.339. The van der Waals surface area contributed by atoms with E-state index in [1.807, 2.05) is 63.9 Å². The SMILES string of the molecule is C=CN(/C=C\C=C/C)C(CCC1CC1)c1ccc(F)c(NC=O)c1.CC.CC. The minimum atomic E-state index is -0.429. The van der Waals surface area contributed by atoms with Gasteiger partial charge in [0.15, 0.2) is 0 Å². The molecule has 0 heterocycles. The lowest BCUT2D eigenvalue weighted by atomic mass is 9.98. The number of rotatable bonds is 10. The second kappa shape index (κ2) is 15.7. The van der Waals surface area contributed by atoms with Crippen molar-refractivity contribution in [3.63, 3.8) is 0 Å². The highest BCUT2D eigenvalue weighted by Crippen LogP contribution is 2.38. The van der Waals surface area contributed by atoms with Gasteiger partial charge in [-0.15, -0.1) is 0 Å². The molecule has 1 N–H and O–H groups in total. The highest BCUT2D eigenvalue weighted by atomic mass is 19.1. The first-order valence-electron chi connectivity index (χ1n) is 10.4. The fourth-order valence-corrected chi connectivity index (χ4v) is 2.76. The summed E-state index contributed by atoms with van der Waals surface area (Å²) in [6.45, 7) is 13.9. The molecule has 0 aliphatic heterocycles. The van der Waals surface area contributed by atoms with E-state index in [0.717, 1.165) is 24.3 Å². The first-order valence-corrected chi connectivity index (χ1v) is 10.4. The van der Waals surface area contributed by atoms with E-state index in [-0.39, 0.29) is 11.7 Å². The smallest absolute Gasteiger partial charge is 0.211 e. The van der Waals surface area contributed by atoms with Gasteiger partial charge in [0.05, 0.1) is 11.7 Å². The van der Waals surface area contributed by atoms with E-state index in [9.17, 15) is 9.18 Å². The summed E-state index contributed by atoms with van der Waals surface area (Å²) >= 11 is 0. The van der Waals surface area contributed by atoms with E-state index in [1.165, 1.54) is 18.9 Å². The second-order valence-corrected chi connectivity index (χ2v) is 6.04. The van der Waals surface area contributed by atoms with Gasteiger partial charge >= 0.3 is 0 Å². The fourth-order valence-electron chi connectivity index (χ4n) is 2.76. The van der Waals surface area contributed by atoms with Crippen LogP contribution in [0.3, 0.4) is 0 Å². The molecule has 1 saturated carbocycles. The maximum atomic E-state index is 13.8. The Hall–Kier alpha value is -2.36. The number of hydrogen-bond acceptors (Lipinski definition) is 2. The molecule has 0 radical (unpaired) electrons. The number of hydrogen-bond donors (Lipinski definition) is 1. The van der Waals surface area contributed by atoms with E-state index < -0.39 is 5.82 Å². The first kappa shape index (κ1) is 25.6. The number of amides is 1. The number of nitrogens with one attached hydrogen (secondary N) is 1. The zero-order valence-electron chi connectivity index (χ0n) is 18.1. The van der Waals surface area contributed by atoms with E-state index in [0.29, 0.717) is 6.41 Å². The molecule has 3 nitrogen and oxygen atoms in total. The van der Waals surface area contributed by atoms with Crippen LogP contribution >= 0.6 is 0 Å². The molecule has 0 bridgehead atoms. The Bertz CT molecular complexity index is 621. The summed E-state index contributed by atoms with van der Waals surface area (Å²) in [7, 11) is 0. The van der Waals surface area contributed by atoms with Crippen LogP contribution < -0.4 is 5.32 Å². The Kier molecular flexibility index (Phi) is 14.4. The summed E-state index contributed by atoms with van der Waals surface area (Å²) in [4.78, 5) is 12.7. The zero-order chi connectivity index (χ0) is 21.4. The molecule has 28 heavy (non-hydrogen) atoms. The Morgan fingerprint density at radius 3 is 2.46 bits per heavy atom. The number of carbonyl (C=O) groups is 1. The minimum Gasteiger partial charge on any atom is -0.347 e. The number of allylic oxidation sites excluding steroid dienone is 3. The van der Waals surface area contributed by atoms with Crippen molar-refractivity contribution in [1.29, 1.82) is 0 Å². The van der Waals surface area contributed by atoms with Crippen LogP contribution in [0.4, 0.5) is 10.1 Å². The van der Waals surface area contributed by atoms with Crippen LogP contribution in [0.1, 0.15) is 71.9 Å². The summed E-state index contributed by atoms with van der Waals surface area (Å²) in [6, 6.07) is 4.96. The molecule has 0 aromatic heterocycles. The van der Waals surface area contributed by atoms with Gasteiger partial charge in [0, 0.05) is 6.20 Å². The molecule has 0 saturated heterocycles. The number of benzene rings is 1. The number of anilines is 1. The van der Waals surface area contributed by atoms with Crippen LogP contribution in [0.5, 0.6) is 0 Å². The molecule has 1 aromatic rings. The van der Waals surface area contributed by atoms with Crippen LogP contribution in [-0.4, -0.2) is 11.3 Å². The summed E-state index contributed by atoms with van der Waals surface area (Å²) in [5, 5.41) is 2.43. The molecule has 1 unspecified atom stereocenters. The Morgan fingerprint density at radius 1 is 1.25 bits per heavy atom. The second-order valence-electron chi connectivity index (χ2n) is 6.04. The van der Waals surface area contributed by atoms with Crippen LogP contribution in [0, 0.1) is 11.7 Å². The van der Waals surface area contributed by atoms with Crippen LogP contribution in [0.2, 0.25) is 0 Å². The summed E-state index contributed by atoms with van der Waals surface area (Å²) in [5.74, 6) is 0.383. The van der Waals surface area contributed by atoms with E-state index in [1.54, 1.807) is 18.3 Å². The normalized spacial score (nSPS) is 13.8. The van der Waals surface area contributed by atoms with Crippen LogP contribution in [-0.2, 0) is 4.79 Å². The van der Waals surface area contributed by atoms with Crippen molar-refractivity contribution in [3.05, 3.63) is 66.8 Å². The molecule has 1 fully saturated rings. The molecule has 1 amide bonds. The Balaban J connectivity index is 0.00000171. The van der Waals surface area contributed by atoms with Gasteiger partial charge in [0.25, 0.3) is 0 Å². The monoisotopic (exact) mass is 388 g/mol. The van der Waals surface area contributed by atoms with Crippen molar-refractivity contribution >= 4 is 12.1 Å². The predicted octanol–water partition coefficient (Wildman–Crippen LogP) is 7.21. The van der Waals surface area contributed by atoms with E-state index in [2.05, 4.69) is 11.9 Å². The van der Waals surface area contributed by atoms with Gasteiger partial charge in [0.1, 0.15) is 5.82 Å². The minimum absolute atomic E-state index is 0.0670. The molecule has 156 valence electrons. The van der Waals surface area contributed by atoms with Crippen molar-refractivity contribution in [2.75, 3.05) is 5.32 Å². The van der Waals surface area contributed by atoms with E-state index >= 15 is 0 Å². The molecule has 2 rings (SSSR count). The fraction of sp³-hybridized carbons (Fsp3) is 0.458.